The van der Waals surface area contributed by atoms with Crippen LogP contribution in [-0.2, 0) is 11.4 Å². The second-order valence-corrected chi connectivity index (χ2v) is 9.09. The molecule has 162 valence electrons. The molecule has 0 spiro atoms. The molecule has 0 atom stereocenters. The summed E-state index contributed by atoms with van der Waals surface area (Å²) in [6, 6.07) is 27.7. The van der Waals surface area contributed by atoms with Gasteiger partial charge >= 0.3 is 0 Å². The molecular formula is C26H19N3O2S2. The van der Waals surface area contributed by atoms with E-state index in [0.29, 0.717) is 15.8 Å². The van der Waals surface area contributed by atoms with E-state index >= 15 is 0 Å². The van der Waals surface area contributed by atoms with Crippen molar-refractivity contribution in [3.8, 4) is 22.7 Å². The molecule has 5 nitrogen and oxygen atoms in total. The standard InChI is InChI=1S/C26H19N3O2S2/c30-25-23(33-26(32)27-25)15-20-16-29(21-11-5-2-6-12-21)28-24(20)19-10-7-13-22(14-19)31-17-18-8-3-1-4-9-18/h1-16H,17H2,(H,27,30,32)/b23-15+. The van der Waals surface area contributed by atoms with Crippen molar-refractivity contribution in [1.29, 1.82) is 0 Å². The quantitative estimate of drug-likeness (QED) is 0.294. The molecule has 5 rings (SSSR count). The SMILES string of the molecule is O=C1NC(=S)S/C1=C/c1cn(-c2ccccc2)nc1-c1cccc(OCc2ccccc2)c1. The van der Waals surface area contributed by atoms with E-state index in [1.807, 2.05) is 102 Å². The zero-order valence-corrected chi connectivity index (χ0v) is 19.1. The van der Waals surface area contributed by atoms with Crippen LogP contribution < -0.4 is 10.1 Å². The van der Waals surface area contributed by atoms with Crippen LogP contribution in [0.5, 0.6) is 5.75 Å². The highest BCUT2D eigenvalue weighted by atomic mass is 32.2. The first-order valence-corrected chi connectivity index (χ1v) is 11.6. The molecule has 1 aromatic heterocycles. The number of para-hydroxylation sites is 1. The zero-order chi connectivity index (χ0) is 22.6. The molecule has 0 aliphatic carbocycles. The minimum atomic E-state index is -0.191. The first-order chi connectivity index (χ1) is 16.2. The van der Waals surface area contributed by atoms with E-state index in [1.165, 1.54) is 11.8 Å². The summed E-state index contributed by atoms with van der Waals surface area (Å²) >= 11 is 6.39. The van der Waals surface area contributed by atoms with Crippen LogP contribution in [0.2, 0.25) is 0 Å². The Morgan fingerprint density at radius 1 is 1.00 bits per heavy atom. The molecule has 0 saturated carbocycles. The van der Waals surface area contributed by atoms with Crippen molar-refractivity contribution in [2.75, 3.05) is 0 Å². The molecule has 1 fully saturated rings. The normalized spacial score (nSPS) is 14.5. The van der Waals surface area contributed by atoms with Crippen LogP contribution in [-0.4, -0.2) is 20.0 Å². The lowest BCUT2D eigenvalue weighted by molar-refractivity contribution is -0.115. The Bertz CT molecular complexity index is 1350. The summed E-state index contributed by atoms with van der Waals surface area (Å²) in [5.74, 6) is 0.557. The molecule has 33 heavy (non-hydrogen) atoms. The Hall–Kier alpha value is -3.68. The number of aromatic nitrogens is 2. The number of thiocarbonyl (C=S) groups is 1. The Morgan fingerprint density at radius 2 is 1.76 bits per heavy atom. The van der Waals surface area contributed by atoms with Crippen LogP contribution in [0.3, 0.4) is 0 Å². The van der Waals surface area contributed by atoms with E-state index < -0.39 is 0 Å². The maximum atomic E-state index is 12.3. The van der Waals surface area contributed by atoms with E-state index in [1.54, 1.807) is 0 Å². The van der Waals surface area contributed by atoms with Gasteiger partial charge in [-0.15, -0.1) is 0 Å². The molecule has 4 aromatic rings. The largest absolute Gasteiger partial charge is 0.489 e. The molecule has 1 amide bonds. The minimum absolute atomic E-state index is 0.191. The number of hydrogen-bond acceptors (Lipinski definition) is 5. The number of nitrogens with zero attached hydrogens (tertiary/aromatic N) is 2. The Kier molecular flexibility index (Phi) is 6.06. The first kappa shape index (κ1) is 21.2. The Labute approximate surface area is 201 Å². The van der Waals surface area contributed by atoms with Crippen molar-refractivity contribution < 1.29 is 9.53 Å². The van der Waals surface area contributed by atoms with Crippen molar-refractivity contribution in [2.45, 2.75) is 6.61 Å². The summed E-state index contributed by atoms with van der Waals surface area (Å²) in [4.78, 5) is 12.8. The fourth-order valence-corrected chi connectivity index (χ4v) is 4.50. The predicted octanol–water partition coefficient (Wildman–Crippen LogP) is 5.61. The number of ether oxygens (including phenoxy) is 1. The number of nitrogens with one attached hydrogen (secondary N) is 1. The van der Waals surface area contributed by atoms with Gasteiger partial charge in [0.1, 0.15) is 22.4 Å². The van der Waals surface area contributed by atoms with Gasteiger partial charge in [-0.1, -0.05) is 84.6 Å². The molecular weight excluding hydrogens is 450 g/mol. The molecule has 7 heteroatoms. The van der Waals surface area contributed by atoms with Gasteiger partial charge in [-0.05, 0) is 35.9 Å². The maximum Gasteiger partial charge on any atom is 0.263 e. The van der Waals surface area contributed by atoms with Crippen LogP contribution in [0.15, 0.2) is 96.0 Å². The highest BCUT2D eigenvalue weighted by Gasteiger charge is 2.23. The molecule has 1 aliphatic heterocycles. The average molecular weight is 470 g/mol. The van der Waals surface area contributed by atoms with Crippen LogP contribution in [0.1, 0.15) is 11.1 Å². The van der Waals surface area contributed by atoms with E-state index in [-0.39, 0.29) is 5.91 Å². The molecule has 0 bridgehead atoms. The number of thioether (sulfide) groups is 1. The third-order valence-corrected chi connectivity index (χ3v) is 6.21. The molecule has 3 aromatic carbocycles. The van der Waals surface area contributed by atoms with Crippen molar-refractivity contribution >= 4 is 40.3 Å². The van der Waals surface area contributed by atoms with Gasteiger partial charge in [-0.3, -0.25) is 4.79 Å². The van der Waals surface area contributed by atoms with E-state index in [4.69, 9.17) is 22.1 Å². The molecule has 0 unspecified atom stereocenters. The van der Waals surface area contributed by atoms with Crippen LogP contribution in [0, 0.1) is 0 Å². The molecule has 1 N–H and O–H groups in total. The average Bonchev–Trinajstić information content (AvgIpc) is 3.41. The number of benzene rings is 3. The fourth-order valence-electron chi connectivity index (χ4n) is 3.47. The van der Waals surface area contributed by atoms with Gasteiger partial charge in [-0.2, -0.15) is 5.10 Å². The Morgan fingerprint density at radius 3 is 2.48 bits per heavy atom. The summed E-state index contributed by atoms with van der Waals surface area (Å²) in [5.41, 5.74) is 4.50. The fraction of sp³-hybridized carbons (Fsp3) is 0.0385. The van der Waals surface area contributed by atoms with Gasteiger partial charge in [0, 0.05) is 17.3 Å². The van der Waals surface area contributed by atoms with E-state index in [0.717, 1.165) is 33.8 Å². The number of rotatable bonds is 6. The van der Waals surface area contributed by atoms with Gasteiger partial charge in [-0.25, -0.2) is 4.68 Å². The smallest absolute Gasteiger partial charge is 0.263 e. The van der Waals surface area contributed by atoms with Crippen LogP contribution in [0.4, 0.5) is 0 Å². The topological polar surface area (TPSA) is 56.2 Å². The summed E-state index contributed by atoms with van der Waals surface area (Å²) in [7, 11) is 0. The number of hydrogen-bond donors (Lipinski definition) is 1. The zero-order valence-electron chi connectivity index (χ0n) is 17.5. The van der Waals surface area contributed by atoms with Gasteiger partial charge in [0.15, 0.2) is 0 Å². The summed E-state index contributed by atoms with van der Waals surface area (Å²) in [6.07, 6.45) is 3.75. The van der Waals surface area contributed by atoms with Crippen molar-refractivity contribution in [3.63, 3.8) is 0 Å². The second kappa shape index (κ2) is 9.44. The van der Waals surface area contributed by atoms with Crippen molar-refractivity contribution in [3.05, 3.63) is 107 Å². The monoisotopic (exact) mass is 469 g/mol. The van der Waals surface area contributed by atoms with Gasteiger partial charge in [0.05, 0.1) is 10.6 Å². The summed E-state index contributed by atoms with van der Waals surface area (Å²) in [6.45, 7) is 0.480. The van der Waals surface area contributed by atoms with Gasteiger partial charge in [0.2, 0.25) is 0 Å². The number of amides is 1. The highest BCUT2D eigenvalue weighted by Crippen LogP contribution is 2.32. The lowest BCUT2D eigenvalue weighted by atomic mass is 10.1. The number of carbonyl (C=O) groups is 1. The second-order valence-electron chi connectivity index (χ2n) is 7.37. The molecule has 1 saturated heterocycles. The van der Waals surface area contributed by atoms with E-state index in [9.17, 15) is 4.79 Å². The third kappa shape index (κ3) is 4.89. The molecule has 1 aliphatic rings. The molecule has 2 heterocycles. The van der Waals surface area contributed by atoms with Crippen LogP contribution >= 0.6 is 24.0 Å². The van der Waals surface area contributed by atoms with Gasteiger partial charge in [0.25, 0.3) is 5.91 Å². The maximum absolute atomic E-state index is 12.3. The first-order valence-electron chi connectivity index (χ1n) is 10.3. The summed E-state index contributed by atoms with van der Waals surface area (Å²) < 4.78 is 8.29. The van der Waals surface area contributed by atoms with Crippen molar-refractivity contribution in [1.82, 2.24) is 15.1 Å². The van der Waals surface area contributed by atoms with E-state index in [2.05, 4.69) is 5.32 Å². The lowest BCUT2D eigenvalue weighted by Crippen LogP contribution is -2.17. The van der Waals surface area contributed by atoms with Gasteiger partial charge < -0.3 is 10.1 Å². The highest BCUT2D eigenvalue weighted by molar-refractivity contribution is 8.26. The number of carbonyl (C=O) groups excluding carboxylic acids is 1. The predicted molar refractivity (Wildman–Crippen MR) is 136 cm³/mol. The van der Waals surface area contributed by atoms with Crippen LogP contribution in [0.25, 0.3) is 23.0 Å². The minimum Gasteiger partial charge on any atom is -0.489 e. The summed E-state index contributed by atoms with van der Waals surface area (Å²) in [5, 5.41) is 7.51. The lowest BCUT2D eigenvalue weighted by Gasteiger charge is -2.08. The Balaban J connectivity index is 1.51. The van der Waals surface area contributed by atoms with Crippen molar-refractivity contribution in [2.24, 2.45) is 0 Å². The molecule has 0 radical (unpaired) electrons. The third-order valence-electron chi connectivity index (χ3n) is 5.05.